The largest absolute Gasteiger partial charge is 0.481 e. The fourth-order valence-corrected chi connectivity index (χ4v) is 1.70. The van der Waals surface area contributed by atoms with Crippen LogP contribution in [0.4, 0.5) is 0 Å². The number of carboxylic acid groups (broad SMARTS) is 1. The van der Waals surface area contributed by atoms with E-state index >= 15 is 0 Å². The molecule has 0 bridgehead atoms. The summed E-state index contributed by atoms with van der Waals surface area (Å²) in [5.74, 6) is -0.750. The lowest BCUT2D eigenvalue weighted by atomic mass is 9.92. The van der Waals surface area contributed by atoms with Gasteiger partial charge in [0.25, 0.3) is 0 Å². The Balaban J connectivity index is 3.86. The zero-order valence-electron chi connectivity index (χ0n) is 10.5. The van der Waals surface area contributed by atoms with Gasteiger partial charge < -0.3 is 15.3 Å². The molecule has 0 heterocycles. The Labute approximate surface area is 92.7 Å². The Kier molecular flexibility index (Phi) is 5.83. The predicted octanol–water partition coefficient (Wildman–Crippen LogP) is 1.03. The van der Waals surface area contributed by atoms with Crippen LogP contribution in [0.1, 0.15) is 27.2 Å². The Hall–Kier alpha value is -0.610. The van der Waals surface area contributed by atoms with Crippen LogP contribution in [0, 0.1) is 5.41 Å². The van der Waals surface area contributed by atoms with Crippen LogP contribution < -0.4 is 5.32 Å². The van der Waals surface area contributed by atoms with Gasteiger partial charge in [0.1, 0.15) is 0 Å². The summed E-state index contributed by atoms with van der Waals surface area (Å²) in [4.78, 5) is 12.6. The lowest BCUT2D eigenvalue weighted by Crippen LogP contribution is -2.41. The van der Waals surface area contributed by atoms with Crippen molar-refractivity contribution in [2.75, 3.05) is 27.2 Å². The molecule has 0 rings (SSSR count). The molecule has 0 aromatic rings. The molecule has 0 radical (unpaired) electrons. The third kappa shape index (κ3) is 8.39. The van der Waals surface area contributed by atoms with E-state index in [9.17, 15) is 4.79 Å². The van der Waals surface area contributed by atoms with Gasteiger partial charge >= 0.3 is 5.97 Å². The molecule has 0 spiro atoms. The van der Waals surface area contributed by atoms with E-state index in [0.717, 1.165) is 13.1 Å². The van der Waals surface area contributed by atoms with E-state index in [4.69, 9.17) is 5.11 Å². The summed E-state index contributed by atoms with van der Waals surface area (Å²) < 4.78 is 0. The van der Waals surface area contributed by atoms with Gasteiger partial charge in [0.2, 0.25) is 0 Å². The zero-order valence-corrected chi connectivity index (χ0v) is 10.5. The number of carbonyl (C=O) groups is 1. The third-order valence-corrected chi connectivity index (χ3v) is 2.15. The van der Waals surface area contributed by atoms with E-state index in [2.05, 4.69) is 24.1 Å². The summed E-state index contributed by atoms with van der Waals surface area (Å²) in [7, 11) is 4.09. The zero-order chi connectivity index (χ0) is 12.1. The second kappa shape index (κ2) is 6.08. The molecule has 0 saturated heterocycles. The standard InChI is InChI=1S/C11H24N2O2/c1-9(6-10(14)15)12-7-11(2,3)8-13(4)5/h9,12H,6-8H2,1-5H3,(H,14,15). The lowest BCUT2D eigenvalue weighted by Gasteiger charge is -2.29. The summed E-state index contributed by atoms with van der Waals surface area (Å²) in [5.41, 5.74) is 0.163. The van der Waals surface area contributed by atoms with Crippen LogP contribution in [-0.2, 0) is 4.79 Å². The molecule has 15 heavy (non-hydrogen) atoms. The van der Waals surface area contributed by atoms with Crippen LogP contribution in [0.25, 0.3) is 0 Å². The Morgan fingerprint density at radius 3 is 2.40 bits per heavy atom. The molecule has 0 aromatic heterocycles. The van der Waals surface area contributed by atoms with Crippen molar-refractivity contribution < 1.29 is 9.90 Å². The highest BCUT2D eigenvalue weighted by Crippen LogP contribution is 2.14. The van der Waals surface area contributed by atoms with Crippen molar-refractivity contribution in [3.63, 3.8) is 0 Å². The number of aliphatic carboxylic acids is 1. The number of nitrogens with zero attached hydrogens (tertiary/aromatic N) is 1. The van der Waals surface area contributed by atoms with Crippen molar-refractivity contribution in [1.29, 1.82) is 0 Å². The van der Waals surface area contributed by atoms with Crippen molar-refractivity contribution in [3.8, 4) is 0 Å². The lowest BCUT2D eigenvalue weighted by molar-refractivity contribution is -0.137. The van der Waals surface area contributed by atoms with E-state index < -0.39 is 5.97 Å². The smallest absolute Gasteiger partial charge is 0.304 e. The number of hydrogen-bond donors (Lipinski definition) is 2. The molecule has 0 saturated carbocycles. The maximum absolute atomic E-state index is 10.5. The minimum Gasteiger partial charge on any atom is -0.481 e. The normalized spacial score (nSPS) is 14.3. The van der Waals surface area contributed by atoms with Crippen LogP contribution in [0.3, 0.4) is 0 Å². The Morgan fingerprint density at radius 1 is 1.47 bits per heavy atom. The fraction of sp³-hybridized carbons (Fsp3) is 0.909. The fourth-order valence-electron chi connectivity index (χ4n) is 1.70. The van der Waals surface area contributed by atoms with Crippen LogP contribution in [-0.4, -0.2) is 49.2 Å². The Morgan fingerprint density at radius 2 is 2.00 bits per heavy atom. The first kappa shape index (κ1) is 14.4. The van der Waals surface area contributed by atoms with Crippen molar-refractivity contribution in [2.24, 2.45) is 5.41 Å². The molecule has 1 atom stereocenters. The maximum Gasteiger partial charge on any atom is 0.304 e. The minimum atomic E-state index is -0.750. The molecule has 1 unspecified atom stereocenters. The van der Waals surface area contributed by atoms with Gasteiger partial charge in [-0.2, -0.15) is 0 Å². The number of rotatable bonds is 7. The predicted molar refractivity (Wildman–Crippen MR) is 62.1 cm³/mol. The summed E-state index contributed by atoms with van der Waals surface area (Å²) in [6.45, 7) is 8.07. The van der Waals surface area contributed by atoms with Crippen molar-refractivity contribution in [1.82, 2.24) is 10.2 Å². The van der Waals surface area contributed by atoms with E-state index in [1.807, 2.05) is 21.0 Å². The number of hydrogen-bond acceptors (Lipinski definition) is 3. The average molecular weight is 216 g/mol. The molecule has 0 aliphatic rings. The van der Waals surface area contributed by atoms with Gasteiger partial charge in [-0.1, -0.05) is 13.8 Å². The summed E-state index contributed by atoms with van der Waals surface area (Å²) >= 11 is 0. The molecule has 0 amide bonds. The van der Waals surface area contributed by atoms with Gasteiger partial charge in [0.05, 0.1) is 6.42 Å². The second-order valence-electron chi connectivity index (χ2n) is 5.28. The number of nitrogens with one attached hydrogen (secondary N) is 1. The van der Waals surface area contributed by atoms with Gasteiger partial charge in [-0.15, -0.1) is 0 Å². The topological polar surface area (TPSA) is 52.6 Å². The Bertz CT molecular complexity index is 203. The molecule has 2 N–H and O–H groups in total. The summed E-state index contributed by atoms with van der Waals surface area (Å²) in [6.07, 6.45) is 0.179. The van der Waals surface area contributed by atoms with Crippen LogP contribution in [0.2, 0.25) is 0 Å². The molecule has 90 valence electrons. The van der Waals surface area contributed by atoms with Crippen LogP contribution >= 0.6 is 0 Å². The van der Waals surface area contributed by atoms with E-state index in [-0.39, 0.29) is 17.9 Å². The second-order valence-corrected chi connectivity index (χ2v) is 5.28. The maximum atomic E-state index is 10.5. The molecule has 4 nitrogen and oxygen atoms in total. The average Bonchev–Trinajstić information content (AvgIpc) is 1.97. The highest BCUT2D eigenvalue weighted by atomic mass is 16.4. The molecule has 0 aromatic carbocycles. The highest BCUT2D eigenvalue weighted by molar-refractivity contribution is 5.67. The molecule has 0 aliphatic heterocycles. The minimum absolute atomic E-state index is 0.0314. The highest BCUT2D eigenvalue weighted by Gasteiger charge is 2.19. The third-order valence-electron chi connectivity index (χ3n) is 2.15. The van der Waals surface area contributed by atoms with Gasteiger partial charge in [0.15, 0.2) is 0 Å². The molecular weight excluding hydrogens is 192 g/mol. The van der Waals surface area contributed by atoms with E-state index in [0.29, 0.717) is 0 Å². The van der Waals surface area contributed by atoms with Crippen molar-refractivity contribution in [2.45, 2.75) is 33.2 Å². The van der Waals surface area contributed by atoms with Crippen molar-refractivity contribution >= 4 is 5.97 Å². The molecular formula is C11H24N2O2. The first-order chi connectivity index (χ1) is 6.73. The monoisotopic (exact) mass is 216 g/mol. The van der Waals surface area contributed by atoms with Gasteiger partial charge in [-0.3, -0.25) is 4.79 Å². The quantitative estimate of drug-likeness (QED) is 0.667. The van der Waals surface area contributed by atoms with Gasteiger partial charge in [-0.25, -0.2) is 0 Å². The summed E-state index contributed by atoms with van der Waals surface area (Å²) in [5, 5.41) is 11.9. The van der Waals surface area contributed by atoms with Crippen molar-refractivity contribution in [3.05, 3.63) is 0 Å². The molecule has 4 heteroatoms. The summed E-state index contributed by atoms with van der Waals surface area (Å²) in [6, 6.07) is 0.0314. The van der Waals surface area contributed by atoms with Gasteiger partial charge in [0, 0.05) is 19.1 Å². The van der Waals surface area contributed by atoms with Crippen LogP contribution in [0.5, 0.6) is 0 Å². The number of carboxylic acids is 1. The van der Waals surface area contributed by atoms with Crippen LogP contribution in [0.15, 0.2) is 0 Å². The first-order valence-electron chi connectivity index (χ1n) is 5.33. The first-order valence-corrected chi connectivity index (χ1v) is 5.33. The van der Waals surface area contributed by atoms with E-state index in [1.54, 1.807) is 0 Å². The molecule has 0 fully saturated rings. The SMILES string of the molecule is CC(CC(=O)O)NCC(C)(C)CN(C)C. The van der Waals surface area contributed by atoms with E-state index in [1.165, 1.54) is 0 Å². The van der Waals surface area contributed by atoms with Gasteiger partial charge in [-0.05, 0) is 26.4 Å². The molecule has 0 aliphatic carbocycles.